The molecule has 2 N–H and O–H groups in total. The van der Waals surface area contributed by atoms with Crippen LogP contribution in [-0.2, 0) is 32.7 Å². The second-order valence-electron chi connectivity index (χ2n) is 14.5. The number of esters is 2. The van der Waals surface area contributed by atoms with Gasteiger partial charge in [-0.25, -0.2) is 4.57 Å². The van der Waals surface area contributed by atoms with E-state index in [1.807, 2.05) is 0 Å². The fraction of sp³-hybridized carbons (Fsp3) is 0.905. The summed E-state index contributed by atoms with van der Waals surface area (Å²) in [6.07, 6.45) is 38.2. The first-order chi connectivity index (χ1) is 25.3. The first-order valence-corrected chi connectivity index (χ1v) is 23.1. The number of carbonyl (C=O) groups is 2. The van der Waals surface area contributed by atoms with E-state index >= 15 is 0 Å². The molecule has 0 fully saturated rings. The van der Waals surface area contributed by atoms with E-state index in [0.717, 1.165) is 51.4 Å². The van der Waals surface area contributed by atoms with Gasteiger partial charge >= 0.3 is 19.8 Å². The summed E-state index contributed by atoms with van der Waals surface area (Å²) in [5, 5.41) is 2.82. The summed E-state index contributed by atoms with van der Waals surface area (Å²) in [6, 6.07) is 0. The summed E-state index contributed by atoms with van der Waals surface area (Å²) < 4.78 is 33.2. The Labute approximate surface area is 320 Å². The van der Waals surface area contributed by atoms with E-state index in [-0.39, 0.29) is 25.6 Å². The molecule has 0 aromatic carbocycles. The van der Waals surface area contributed by atoms with Crippen molar-refractivity contribution in [1.82, 2.24) is 5.32 Å². The van der Waals surface area contributed by atoms with Crippen molar-refractivity contribution in [3.05, 3.63) is 12.2 Å². The molecule has 0 rings (SSSR count). The molecule has 9 nitrogen and oxygen atoms in total. The highest BCUT2D eigenvalue weighted by Gasteiger charge is 2.26. The van der Waals surface area contributed by atoms with Crippen molar-refractivity contribution in [2.24, 2.45) is 0 Å². The van der Waals surface area contributed by atoms with Crippen LogP contribution >= 0.6 is 7.82 Å². The summed E-state index contributed by atoms with van der Waals surface area (Å²) in [5.74, 6) is -0.807. The minimum atomic E-state index is -4.34. The summed E-state index contributed by atoms with van der Waals surface area (Å²) in [7, 11) is -2.64. The number of hydrogen-bond donors (Lipinski definition) is 2. The number of ether oxygens (including phenoxy) is 2. The predicted octanol–water partition coefficient (Wildman–Crippen LogP) is 12.1. The molecule has 0 saturated carbocycles. The van der Waals surface area contributed by atoms with Crippen LogP contribution < -0.4 is 5.32 Å². The summed E-state index contributed by atoms with van der Waals surface area (Å²) in [6.45, 7) is 4.22. The molecule has 0 saturated heterocycles. The number of hydrogen-bond acceptors (Lipinski definition) is 8. The average molecular weight is 760 g/mol. The molecule has 0 bridgehead atoms. The highest BCUT2D eigenvalue weighted by atomic mass is 31.2. The van der Waals surface area contributed by atoms with Crippen LogP contribution in [0.5, 0.6) is 0 Å². The Hall–Kier alpha value is -1.25. The Bertz CT molecular complexity index is 871. The van der Waals surface area contributed by atoms with E-state index in [9.17, 15) is 19.0 Å². The molecular formula is C42H82NO8P. The van der Waals surface area contributed by atoms with Crippen molar-refractivity contribution in [2.45, 2.75) is 213 Å². The van der Waals surface area contributed by atoms with E-state index < -0.39 is 26.5 Å². The molecule has 52 heavy (non-hydrogen) atoms. The third-order valence-electron chi connectivity index (χ3n) is 9.39. The molecule has 0 heterocycles. The van der Waals surface area contributed by atoms with Gasteiger partial charge in [0, 0.05) is 19.4 Å². The molecule has 0 spiro atoms. The van der Waals surface area contributed by atoms with E-state index in [4.69, 9.17) is 18.5 Å². The Balaban J connectivity index is 4.18. The Kier molecular flexibility index (Phi) is 38.5. The van der Waals surface area contributed by atoms with Crippen LogP contribution in [0, 0.1) is 0 Å². The van der Waals surface area contributed by atoms with Crippen molar-refractivity contribution in [3.63, 3.8) is 0 Å². The summed E-state index contributed by atoms with van der Waals surface area (Å²) >= 11 is 0. The molecule has 0 amide bonds. The maximum Gasteiger partial charge on any atom is 0.472 e. The lowest BCUT2D eigenvalue weighted by molar-refractivity contribution is -0.161. The number of likely N-dealkylation sites (N-methyl/N-ethyl adjacent to an activating group) is 1. The second-order valence-corrected chi connectivity index (χ2v) is 16.0. The number of nitrogens with one attached hydrogen (secondary N) is 1. The lowest BCUT2D eigenvalue weighted by atomic mass is 10.0. The topological polar surface area (TPSA) is 120 Å². The quantitative estimate of drug-likeness (QED) is 0.0271. The van der Waals surface area contributed by atoms with Gasteiger partial charge < -0.3 is 19.7 Å². The highest BCUT2D eigenvalue weighted by Crippen LogP contribution is 2.43. The molecule has 2 atom stereocenters. The SMILES string of the molecule is CCCCCC/C=C\CCCCCCCC(=O)OC(COC(=O)CCCCCCCCCCCCCCCCCCC)COP(=O)(O)OCCNC. The third kappa shape index (κ3) is 38.5. The summed E-state index contributed by atoms with van der Waals surface area (Å²) in [5.41, 5.74) is 0. The fourth-order valence-electron chi connectivity index (χ4n) is 6.08. The standard InChI is InChI=1S/C42H82NO8P/c1-4-6-8-10-12-14-16-18-19-20-21-23-24-26-28-30-32-34-41(44)48-38-40(39-50-52(46,47)49-37-36-43-3)51-42(45)35-33-31-29-27-25-22-17-15-13-11-9-7-5-2/h15,17,40,43H,4-14,16,18-39H2,1-3H3,(H,46,47)/b17-15-. The third-order valence-corrected chi connectivity index (χ3v) is 10.4. The van der Waals surface area contributed by atoms with Crippen LogP contribution in [0.2, 0.25) is 0 Å². The van der Waals surface area contributed by atoms with Crippen molar-refractivity contribution >= 4 is 19.8 Å². The van der Waals surface area contributed by atoms with Crippen LogP contribution in [0.4, 0.5) is 0 Å². The first-order valence-electron chi connectivity index (χ1n) is 21.6. The molecule has 0 aliphatic carbocycles. The van der Waals surface area contributed by atoms with Crippen molar-refractivity contribution in [3.8, 4) is 0 Å². The molecule has 0 aromatic rings. The maximum atomic E-state index is 12.6. The van der Waals surface area contributed by atoms with E-state index in [0.29, 0.717) is 19.4 Å². The monoisotopic (exact) mass is 760 g/mol. The van der Waals surface area contributed by atoms with Gasteiger partial charge in [0.05, 0.1) is 13.2 Å². The lowest BCUT2D eigenvalue weighted by Crippen LogP contribution is -2.29. The van der Waals surface area contributed by atoms with Gasteiger partial charge in [-0.05, 0) is 45.6 Å². The largest absolute Gasteiger partial charge is 0.472 e. The van der Waals surface area contributed by atoms with E-state index in [1.165, 1.54) is 122 Å². The minimum absolute atomic E-state index is 0.0155. The van der Waals surface area contributed by atoms with Gasteiger partial charge in [-0.3, -0.25) is 18.6 Å². The lowest BCUT2D eigenvalue weighted by Gasteiger charge is -2.20. The Morgan fingerprint density at radius 2 is 0.981 bits per heavy atom. The summed E-state index contributed by atoms with van der Waals surface area (Å²) in [4.78, 5) is 35.0. The predicted molar refractivity (Wildman–Crippen MR) is 215 cm³/mol. The zero-order valence-corrected chi connectivity index (χ0v) is 34.9. The van der Waals surface area contributed by atoms with Gasteiger partial charge in [0.1, 0.15) is 6.61 Å². The van der Waals surface area contributed by atoms with Crippen LogP contribution in [0.25, 0.3) is 0 Å². The molecular weight excluding hydrogens is 677 g/mol. The van der Waals surface area contributed by atoms with Gasteiger partial charge in [-0.15, -0.1) is 0 Å². The second kappa shape index (κ2) is 39.4. The number of phosphoric ester groups is 1. The van der Waals surface area contributed by atoms with Gasteiger partial charge in [0.2, 0.25) is 0 Å². The fourth-order valence-corrected chi connectivity index (χ4v) is 6.83. The maximum absolute atomic E-state index is 12.6. The Morgan fingerprint density at radius 1 is 0.577 bits per heavy atom. The normalized spacial score (nSPS) is 13.4. The first kappa shape index (κ1) is 50.8. The van der Waals surface area contributed by atoms with Crippen LogP contribution in [0.1, 0.15) is 206 Å². The highest BCUT2D eigenvalue weighted by molar-refractivity contribution is 7.47. The van der Waals surface area contributed by atoms with E-state index in [1.54, 1.807) is 7.05 Å². The van der Waals surface area contributed by atoms with Crippen molar-refractivity contribution in [1.29, 1.82) is 0 Å². The zero-order valence-electron chi connectivity index (χ0n) is 34.0. The van der Waals surface area contributed by atoms with Crippen molar-refractivity contribution in [2.75, 3.05) is 33.4 Å². The molecule has 10 heteroatoms. The minimum Gasteiger partial charge on any atom is -0.462 e. The van der Waals surface area contributed by atoms with Crippen LogP contribution in [-0.4, -0.2) is 56.3 Å². The van der Waals surface area contributed by atoms with Gasteiger partial charge in [0.25, 0.3) is 0 Å². The molecule has 0 aliphatic rings. The molecule has 2 unspecified atom stereocenters. The molecule has 0 radical (unpaired) electrons. The molecule has 0 aromatic heterocycles. The van der Waals surface area contributed by atoms with Crippen LogP contribution in [0.3, 0.4) is 0 Å². The van der Waals surface area contributed by atoms with Gasteiger partial charge in [-0.2, -0.15) is 0 Å². The number of allylic oxidation sites excluding steroid dienone is 2. The van der Waals surface area contributed by atoms with Crippen LogP contribution in [0.15, 0.2) is 12.2 Å². The zero-order chi connectivity index (χ0) is 38.2. The number of unbranched alkanes of at least 4 members (excludes halogenated alkanes) is 25. The number of phosphoric acid groups is 1. The van der Waals surface area contributed by atoms with Gasteiger partial charge in [-0.1, -0.05) is 167 Å². The van der Waals surface area contributed by atoms with E-state index in [2.05, 4.69) is 31.3 Å². The van der Waals surface area contributed by atoms with Gasteiger partial charge in [0.15, 0.2) is 6.10 Å². The molecule has 0 aliphatic heterocycles. The smallest absolute Gasteiger partial charge is 0.462 e. The number of rotatable bonds is 41. The number of carbonyl (C=O) groups excluding carboxylic acids is 2. The average Bonchev–Trinajstić information content (AvgIpc) is 3.12. The van der Waals surface area contributed by atoms with Crippen molar-refractivity contribution < 1.29 is 37.6 Å². The molecule has 308 valence electrons. The Morgan fingerprint density at radius 3 is 1.44 bits per heavy atom.